The summed E-state index contributed by atoms with van der Waals surface area (Å²) in [6.45, 7) is -19.8. The van der Waals surface area contributed by atoms with E-state index in [4.69, 9.17) is 33.5 Å². The lowest BCUT2D eigenvalue weighted by atomic mass is 10.00. The largest absolute Gasteiger partial charge is 0.416 e. The third-order valence-corrected chi connectivity index (χ3v) is 7.79. The number of alkyl halides is 3. The van der Waals surface area contributed by atoms with Crippen molar-refractivity contribution in [2.24, 2.45) is 0 Å². The number of nitrogens with zero attached hydrogens (tertiary/aromatic N) is 3. The first kappa shape index (κ1) is 16.5. The number of rotatable bonds is 12. The van der Waals surface area contributed by atoms with Gasteiger partial charge in [0.2, 0.25) is 5.91 Å². The minimum atomic E-state index is -5.55. The molecule has 0 atom stereocenters. The number of hydrogen-bond donors (Lipinski definition) is 0. The minimum Gasteiger partial charge on any atom is -0.383 e. The quantitative estimate of drug-likeness (QED) is 0.0938. The maximum atomic E-state index is 15.9. The molecule has 4 aromatic carbocycles. The zero-order valence-electron chi connectivity index (χ0n) is 55.0. The van der Waals surface area contributed by atoms with Crippen LogP contribution in [0.5, 0.6) is 0 Å². The van der Waals surface area contributed by atoms with Gasteiger partial charge in [-0.25, -0.2) is 8.78 Å². The molecule has 0 saturated carbocycles. The van der Waals surface area contributed by atoms with Gasteiger partial charge in [-0.05, 0) is 66.6 Å². The lowest BCUT2D eigenvalue weighted by Crippen LogP contribution is -2.48. The number of carbonyl (C=O) groups is 1. The van der Waals surface area contributed by atoms with Gasteiger partial charge >= 0.3 is 6.18 Å². The third-order valence-electron chi connectivity index (χ3n) is 6.80. The number of amides is 1. The fourth-order valence-electron chi connectivity index (χ4n) is 4.30. The van der Waals surface area contributed by atoms with Gasteiger partial charge in [0.05, 0.1) is 47.4 Å². The number of piperidine rings is 1. The molecular formula is C41H40F5N3O3S. The van der Waals surface area contributed by atoms with Gasteiger partial charge < -0.3 is 19.1 Å². The van der Waals surface area contributed by atoms with Crippen molar-refractivity contribution < 1.29 is 69.9 Å². The highest BCUT2D eigenvalue weighted by molar-refractivity contribution is 7.98. The van der Waals surface area contributed by atoms with Gasteiger partial charge in [0.15, 0.2) is 17.1 Å². The van der Waals surface area contributed by atoms with Gasteiger partial charge in [0, 0.05) is 75.6 Å². The van der Waals surface area contributed by atoms with Crippen molar-refractivity contribution in [1.82, 2.24) is 14.4 Å². The molecule has 1 aliphatic heterocycles. The zero-order valence-corrected chi connectivity index (χ0v) is 27.8. The minimum absolute atomic E-state index is 0.169. The van der Waals surface area contributed by atoms with Crippen molar-refractivity contribution in [2.75, 3.05) is 33.2 Å². The van der Waals surface area contributed by atoms with Crippen LogP contribution in [0.4, 0.5) is 22.0 Å². The molecule has 1 amide bonds. The molecule has 5 aromatic rings. The lowest BCUT2D eigenvalue weighted by molar-refractivity contribution is -0.137. The Morgan fingerprint density at radius 1 is 1.02 bits per heavy atom. The van der Waals surface area contributed by atoms with Gasteiger partial charge in [-0.3, -0.25) is 9.59 Å². The van der Waals surface area contributed by atoms with Gasteiger partial charge in [-0.1, -0.05) is 59.9 Å². The van der Waals surface area contributed by atoms with Crippen molar-refractivity contribution in [3.63, 3.8) is 0 Å². The summed E-state index contributed by atoms with van der Waals surface area (Å²) in [5.74, 6) is -8.01. The Hall–Kier alpha value is -4.52. The molecule has 278 valence electrons. The summed E-state index contributed by atoms with van der Waals surface area (Å²) < 4.78 is 324. The summed E-state index contributed by atoms with van der Waals surface area (Å²) in [5.41, 5.74) is -10.8. The van der Waals surface area contributed by atoms with Crippen molar-refractivity contribution in [3.05, 3.63) is 135 Å². The molecule has 1 aromatic heterocycles. The average Bonchev–Trinajstić information content (AvgIpc) is 3.35. The second kappa shape index (κ2) is 16.7. The predicted octanol–water partition coefficient (Wildman–Crippen LogP) is 8.71. The molecule has 2 heterocycles. The van der Waals surface area contributed by atoms with Crippen LogP contribution in [0.15, 0.2) is 100 Å². The Kier molecular flexibility index (Phi) is 5.17. The molecular weight excluding hydrogens is 710 g/mol. The number of aromatic nitrogens is 1. The van der Waals surface area contributed by atoms with Gasteiger partial charge in [0.1, 0.15) is 6.50 Å². The Morgan fingerprint density at radius 3 is 2.36 bits per heavy atom. The summed E-state index contributed by atoms with van der Waals surface area (Å²) in [7, 11) is 0.800. The van der Waals surface area contributed by atoms with E-state index in [0.717, 1.165) is 14.0 Å². The molecule has 1 saturated heterocycles. The van der Waals surface area contributed by atoms with Crippen LogP contribution in [0.1, 0.15) is 73.4 Å². The second-order valence-corrected chi connectivity index (χ2v) is 11.4. The number of benzene rings is 4. The van der Waals surface area contributed by atoms with Crippen LogP contribution in [-0.4, -0.2) is 59.5 Å². The third kappa shape index (κ3) is 9.17. The smallest absolute Gasteiger partial charge is 0.383 e. The summed E-state index contributed by atoms with van der Waals surface area (Å²) in [5, 5.41) is -2.51. The second-order valence-electron chi connectivity index (χ2n) is 10.4. The van der Waals surface area contributed by atoms with Crippen LogP contribution >= 0.6 is 11.8 Å². The number of hydrogen-bond acceptors (Lipinski definition) is 5. The highest BCUT2D eigenvalue weighted by atomic mass is 32.2. The number of methoxy groups -OCH3 is 1. The van der Waals surface area contributed by atoms with E-state index < -0.39 is 243 Å². The summed E-state index contributed by atoms with van der Waals surface area (Å²) in [6, 6.07) is -26.7. The maximum Gasteiger partial charge on any atom is 0.416 e. The van der Waals surface area contributed by atoms with Crippen molar-refractivity contribution in [1.29, 1.82) is 0 Å². The Bertz CT molecular complexity index is 3470. The van der Waals surface area contributed by atoms with Crippen LogP contribution in [0.3, 0.4) is 0 Å². The average molecular weight is 778 g/mol. The molecule has 0 N–H and O–H groups in total. The summed E-state index contributed by atoms with van der Waals surface area (Å²) in [4.78, 5) is 28.6. The monoisotopic (exact) mass is 777 g/mol. The van der Waals surface area contributed by atoms with E-state index >= 15 is 9.18 Å². The van der Waals surface area contributed by atoms with Crippen LogP contribution in [0, 0.1) is 18.6 Å². The van der Waals surface area contributed by atoms with E-state index in [1.165, 1.54) is 0 Å². The first-order chi connectivity index (χ1) is 36.6. The van der Waals surface area contributed by atoms with Crippen molar-refractivity contribution in [3.8, 4) is 11.1 Å². The van der Waals surface area contributed by atoms with E-state index in [9.17, 15) is 32.0 Å². The molecule has 0 spiro atoms. The fraction of sp³-hybridized carbons (Fsp3) is 0.317. The van der Waals surface area contributed by atoms with Crippen molar-refractivity contribution in [2.45, 2.75) is 55.7 Å². The molecule has 1 fully saturated rings. The molecule has 0 aliphatic carbocycles. The molecule has 1 aliphatic rings. The maximum absolute atomic E-state index is 15.9. The Balaban J connectivity index is 1.80. The van der Waals surface area contributed by atoms with Crippen LogP contribution < -0.4 is 5.43 Å². The highest BCUT2D eigenvalue weighted by Gasteiger charge is 2.31. The normalized spacial score (nSPS) is 26.7. The summed E-state index contributed by atoms with van der Waals surface area (Å²) in [6.07, 6.45) is -15.0. The van der Waals surface area contributed by atoms with E-state index in [2.05, 4.69) is 0 Å². The zero-order chi connectivity index (χ0) is 62.4. The van der Waals surface area contributed by atoms with Gasteiger partial charge in [-0.15, -0.1) is 11.8 Å². The number of likely N-dealkylation sites (tertiary alicyclic amines) is 1. The fourth-order valence-corrected chi connectivity index (χ4v) is 5.21. The molecule has 6 rings (SSSR count). The molecule has 0 unspecified atom stereocenters. The van der Waals surface area contributed by atoms with Gasteiger partial charge in [0.25, 0.3) is 0 Å². The number of thioether (sulfide) groups is 1. The highest BCUT2D eigenvalue weighted by Crippen LogP contribution is 2.32. The van der Waals surface area contributed by atoms with E-state index in [-0.39, 0.29) is 16.3 Å². The standard InChI is InChI=1S/C41H40F5N3O3S/c1-27-6-15-36-34(22-27)37(50)23-39(53-26-31-4-3-5-35(42)40(31)43)49(36)25-38(51)48(33-16-18-47(19-17-33)20-21-52-2)24-28-7-9-29(10-8-28)30-11-13-32(14-12-30)41(44,45)46/h3-15,22-23,33H,16-21,24-26H2,1-2H3/i3D,4D,5D,6D,7D,8D,9D,10D,11D,12D,13D,14D,15D,16D2,17D2,18D2,19D2,20D2,22D,23D,25D2,33D. The van der Waals surface area contributed by atoms with E-state index in [0.29, 0.717) is 0 Å². The molecule has 53 heavy (non-hydrogen) atoms. The molecule has 12 heteroatoms. The number of carbonyl (C=O) groups excluding carboxylic acids is 1. The lowest BCUT2D eigenvalue weighted by Gasteiger charge is -2.39. The SMILES string of the molecule is [2H]c1c([2H])c(F)c(F)c(CSc2c([2H])c(=O)c3c([2H])c(C)c([2H])c([2H])c3n2C([2H])([2H])C(=O)N(Cc2c([2H])c([2H])c(-c3c([2H])c([2H])c(C(F)(F)F)c([2H])c3[2H])c([2H])c2[2H])C2([2H])C([2H])([2H])C([2H])([2H])N(C([2H])([2H])COC)C([2H])([2H])C2([2H])[2H])c1[2H]. The van der Waals surface area contributed by atoms with Crippen molar-refractivity contribution >= 4 is 28.6 Å². The topological polar surface area (TPSA) is 54.8 Å². The van der Waals surface area contributed by atoms with Gasteiger partial charge in [-0.2, -0.15) is 13.2 Å². The van der Waals surface area contributed by atoms with E-state index in [1.807, 2.05) is 0 Å². The number of pyridine rings is 1. The Labute approximate surface area is 348 Å². The van der Waals surface area contributed by atoms with Crippen LogP contribution in [-0.2, 0) is 34.5 Å². The predicted molar refractivity (Wildman–Crippen MR) is 198 cm³/mol. The van der Waals surface area contributed by atoms with Crippen LogP contribution in [0.2, 0.25) is 0 Å². The number of fused-ring (bicyclic) bond motifs is 1. The number of halogens is 5. The molecule has 0 radical (unpaired) electrons. The Morgan fingerprint density at radius 2 is 1.70 bits per heavy atom. The van der Waals surface area contributed by atoms with Crippen LogP contribution in [0.25, 0.3) is 22.0 Å². The first-order valence-corrected chi connectivity index (χ1v) is 15.7. The first-order valence-electron chi connectivity index (χ1n) is 28.7. The molecule has 0 bridgehead atoms. The molecule has 6 nitrogen and oxygen atoms in total. The number of ether oxygens (including phenoxy) is 1. The summed E-state index contributed by atoms with van der Waals surface area (Å²) >= 11 is -0.169. The van der Waals surface area contributed by atoms with E-state index in [1.54, 1.807) is 0 Å².